The second-order valence-electron chi connectivity index (χ2n) is 2.23. The van der Waals surface area contributed by atoms with Gasteiger partial charge in [-0.05, 0) is 26.0 Å². The monoisotopic (exact) mass is 198 g/mol. The lowest BCUT2D eigenvalue weighted by atomic mass is 10.4. The molecule has 0 aliphatic rings. The highest BCUT2D eigenvalue weighted by Crippen LogP contribution is 1.99. The number of carbonyl (C=O) groups is 2. The molecule has 0 atom stereocenters. The van der Waals surface area contributed by atoms with Crippen molar-refractivity contribution in [3.63, 3.8) is 0 Å². The molecule has 0 aromatic rings. The molecule has 0 amide bonds. The highest BCUT2D eigenvalue weighted by molar-refractivity contribution is 5.83. The minimum atomic E-state index is -0.480. The van der Waals surface area contributed by atoms with Gasteiger partial charge in [0, 0.05) is 0 Å². The van der Waals surface area contributed by atoms with E-state index in [1.807, 2.05) is 0 Å². The summed E-state index contributed by atoms with van der Waals surface area (Å²) < 4.78 is 9.76. The van der Waals surface area contributed by atoms with Gasteiger partial charge in [0.05, 0.1) is 19.3 Å². The summed E-state index contributed by atoms with van der Waals surface area (Å²) in [7, 11) is 0. The van der Waals surface area contributed by atoms with Crippen LogP contribution < -0.4 is 0 Å². The number of rotatable bonds is 6. The van der Waals surface area contributed by atoms with Crippen molar-refractivity contribution in [1.82, 2.24) is 0 Å². The SMILES string of the molecule is CCOC(=O)/C=C(\C=C/C=O)OCC. The fourth-order valence-electron chi connectivity index (χ4n) is 0.739. The average molecular weight is 198 g/mol. The van der Waals surface area contributed by atoms with Gasteiger partial charge in [-0.15, -0.1) is 0 Å². The molecule has 78 valence electrons. The van der Waals surface area contributed by atoms with Crippen molar-refractivity contribution in [2.75, 3.05) is 13.2 Å². The molecular formula is C10H14O4. The fraction of sp³-hybridized carbons (Fsp3) is 0.400. The lowest BCUT2D eigenvalue weighted by Gasteiger charge is -2.02. The van der Waals surface area contributed by atoms with Crippen LogP contribution in [0.5, 0.6) is 0 Å². The lowest BCUT2D eigenvalue weighted by molar-refractivity contribution is -0.137. The minimum Gasteiger partial charge on any atom is -0.494 e. The fourth-order valence-corrected chi connectivity index (χ4v) is 0.739. The Bertz CT molecular complexity index is 241. The standard InChI is InChI=1S/C10H14O4/c1-3-13-9(6-5-7-11)8-10(12)14-4-2/h5-8H,3-4H2,1-2H3/b6-5-,9-8+. The van der Waals surface area contributed by atoms with E-state index in [1.54, 1.807) is 13.8 Å². The Morgan fingerprint density at radius 2 is 1.86 bits per heavy atom. The van der Waals surface area contributed by atoms with E-state index in [0.29, 0.717) is 25.3 Å². The first kappa shape index (κ1) is 12.4. The van der Waals surface area contributed by atoms with Crippen molar-refractivity contribution < 1.29 is 19.1 Å². The maximum absolute atomic E-state index is 11.0. The molecule has 14 heavy (non-hydrogen) atoms. The van der Waals surface area contributed by atoms with E-state index in [1.165, 1.54) is 18.2 Å². The molecule has 0 radical (unpaired) electrons. The summed E-state index contributed by atoms with van der Waals surface area (Å²) in [5.74, 6) is -0.162. The van der Waals surface area contributed by atoms with Crippen molar-refractivity contribution in [2.24, 2.45) is 0 Å². The molecule has 0 aromatic carbocycles. The Morgan fingerprint density at radius 3 is 2.36 bits per heavy atom. The first-order chi connectivity index (χ1) is 6.74. The number of hydrogen-bond donors (Lipinski definition) is 0. The molecule has 0 saturated carbocycles. The highest BCUT2D eigenvalue weighted by atomic mass is 16.5. The molecule has 0 rings (SSSR count). The normalized spacial score (nSPS) is 11.4. The largest absolute Gasteiger partial charge is 0.494 e. The van der Waals surface area contributed by atoms with Crippen LogP contribution in [0.2, 0.25) is 0 Å². The third kappa shape index (κ3) is 5.99. The van der Waals surface area contributed by atoms with Crippen LogP contribution in [0, 0.1) is 0 Å². The predicted molar refractivity (Wildman–Crippen MR) is 51.5 cm³/mol. The second-order valence-corrected chi connectivity index (χ2v) is 2.23. The number of ether oxygens (including phenoxy) is 2. The van der Waals surface area contributed by atoms with E-state index in [2.05, 4.69) is 4.74 Å². The van der Waals surface area contributed by atoms with Crippen LogP contribution in [-0.2, 0) is 19.1 Å². The summed E-state index contributed by atoms with van der Waals surface area (Å²) in [4.78, 5) is 21.0. The van der Waals surface area contributed by atoms with E-state index in [9.17, 15) is 9.59 Å². The molecule has 0 aromatic heterocycles. The van der Waals surface area contributed by atoms with E-state index < -0.39 is 5.97 Å². The van der Waals surface area contributed by atoms with E-state index in [-0.39, 0.29) is 0 Å². The predicted octanol–water partition coefficient (Wildman–Crippen LogP) is 1.22. The maximum Gasteiger partial charge on any atom is 0.334 e. The Morgan fingerprint density at radius 1 is 1.21 bits per heavy atom. The first-order valence-electron chi connectivity index (χ1n) is 4.37. The van der Waals surface area contributed by atoms with Gasteiger partial charge >= 0.3 is 5.97 Å². The van der Waals surface area contributed by atoms with Gasteiger partial charge in [-0.25, -0.2) is 4.79 Å². The van der Waals surface area contributed by atoms with Gasteiger partial charge in [-0.3, -0.25) is 4.79 Å². The maximum atomic E-state index is 11.0. The summed E-state index contributed by atoms with van der Waals surface area (Å²) in [6.45, 7) is 4.24. The molecule has 4 heteroatoms. The minimum absolute atomic E-state index is 0.312. The van der Waals surface area contributed by atoms with Crippen molar-refractivity contribution in [2.45, 2.75) is 13.8 Å². The van der Waals surface area contributed by atoms with Gasteiger partial charge in [0.15, 0.2) is 0 Å². The molecule has 0 spiro atoms. The van der Waals surface area contributed by atoms with Gasteiger partial charge in [0.2, 0.25) is 0 Å². The summed E-state index contributed by atoms with van der Waals surface area (Å²) in [5, 5.41) is 0. The lowest BCUT2D eigenvalue weighted by Crippen LogP contribution is -2.02. The second kappa shape index (κ2) is 8.04. The summed E-state index contributed by atoms with van der Waals surface area (Å²) in [6.07, 6.45) is 4.47. The van der Waals surface area contributed by atoms with Crippen LogP contribution in [0.4, 0.5) is 0 Å². The number of allylic oxidation sites excluding steroid dienone is 2. The molecule has 0 aliphatic carbocycles. The smallest absolute Gasteiger partial charge is 0.334 e. The van der Waals surface area contributed by atoms with Crippen molar-refractivity contribution in [3.8, 4) is 0 Å². The van der Waals surface area contributed by atoms with Gasteiger partial charge in [-0.1, -0.05) is 0 Å². The first-order valence-corrected chi connectivity index (χ1v) is 4.37. The molecule has 0 saturated heterocycles. The van der Waals surface area contributed by atoms with Crippen molar-refractivity contribution >= 4 is 12.3 Å². The van der Waals surface area contributed by atoms with Gasteiger partial charge in [0.1, 0.15) is 12.0 Å². The highest BCUT2D eigenvalue weighted by Gasteiger charge is 1.99. The van der Waals surface area contributed by atoms with Crippen LogP contribution in [0.3, 0.4) is 0 Å². The third-order valence-electron chi connectivity index (χ3n) is 1.20. The van der Waals surface area contributed by atoms with Crippen molar-refractivity contribution in [3.05, 3.63) is 24.0 Å². The molecule has 0 fully saturated rings. The summed E-state index contributed by atoms with van der Waals surface area (Å²) >= 11 is 0. The van der Waals surface area contributed by atoms with Gasteiger partial charge in [0.25, 0.3) is 0 Å². The van der Waals surface area contributed by atoms with Crippen LogP contribution >= 0.6 is 0 Å². The number of hydrogen-bond acceptors (Lipinski definition) is 4. The zero-order valence-electron chi connectivity index (χ0n) is 8.36. The van der Waals surface area contributed by atoms with E-state index in [4.69, 9.17) is 4.74 Å². The van der Waals surface area contributed by atoms with Gasteiger partial charge < -0.3 is 9.47 Å². The van der Waals surface area contributed by atoms with Crippen LogP contribution in [-0.4, -0.2) is 25.5 Å². The zero-order chi connectivity index (χ0) is 10.8. The Balaban J connectivity index is 4.37. The topological polar surface area (TPSA) is 52.6 Å². The van der Waals surface area contributed by atoms with Crippen molar-refractivity contribution in [1.29, 1.82) is 0 Å². The molecule has 0 aliphatic heterocycles. The van der Waals surface area contributed by atoms with E-state index in [0.717, 1.165) is 0 Å². The summed E-state index contributed by atoms with van der Waals surface area (Å²) in [6, 6.07) is 0. The van der Waals surface area contributed by atoms with E-state index >= 15 is 0 Å². The Labute approximate surface area is 83.2 Å². The molecule has 0 unspecified atom stereocenters. The number of esters is 1. The zero-order valence-corrected chi connectivity index (χ0v) is 8.36. The Hall–Kier alpha value is -1.58. The van der Waals surface area contributed by atoms with Crippen LogP contribution in [0.25, 0.3) is 0 Å². The molecule has 0 N–H and O–H groups in total. The van der Waals surface area contributed by atoms with Gasteiger partial charge in [-0.2, -0.15) is 0 Å². The molecule has 0 bridgehead atoms. The molecule has 0 heterocycles. The summed E-state index contributed by atoms with van der Waals surface area (Å²) in [5.41, 5.74) is 0. The van der Waals surface area contributed by atoms with Crippen LogP contribution in [0.1, 0.15) is 13.8 Å². The number of carbonyl (C=O) groups excluding carboxylic acids is 2. The average Bonchev–Trinajstić information content (AvgIpc) is 2.15. The Kier molecular flexibility index (Phi) is 7.13. The quantitative estimate of drug-likeness (QED) is 0.212. The molecule has 4 nitrogen and oxygen atoms in total. The molecular weight excluding hydrogens is 184 g/mol. The van der Waals surface area contributed by atoms with Crippen LogP contribution in [0.15, 0.2) is 24.0 Å². The third-order valence-corrected chi connectivity index (χ3v) is 1.20. The number of aldehydes is 1.